The molecule has 2 heterocycles. The van der Waals surface area contributed by atoms with E-state index in [4.69, 9.17) is 9.47 Å². The molecule has 1 saturated heterocycles. The van der Waals surface area contributed by atoms with Gasteiger partial charge in [0, 0.05) is 17.0 Å². The van der Waals surface area contributed by atoms with Crippen molar-refractivity contribution in [1.82, 2.24) is 4.90 Å². The highest BCUT2D eigenvalue weighted by atomic mass is 19.4. The van der Waals surface area contributed by atoms with Crippen molar-refractivity contribution in [3.63, 3.8) is 0 Å². The third kappa shape index (κ3) is 2.21. The molecule has 0 radical (unpaired) electrons. The molecule has 0 spiro atoms. The monoisotopic (exact) mass is 332 g/mol. The molecular weight excluding hydrogens is 317 g/mol. The number of rotatable bonds is 2. The van der Waals surface area contributed by atoms with Gasteiger partial charge in [0.05, 0.1) is 19.6 Å². The van der Waals surface area contributed by atoms with E-state index in [2.05, 4.69) is 0 Å². The number of methoxy groups -OCH3 is 1. The van der Waals surface area contributed by atoms with Crippen LogP contribution in [0.1, 0.15) is 11.5 Å². The van der Waals surface area contributed by atoms with Gasteiger partial charge in [0.25, 0.3) is 11.6 Å². The third-order valence-electron chi connectivity index (χ3n) is 4.55. The molecule has 3 rings (SSSR count). The van der Waals surface area contributed by atoms with Crippen LogP contribution in [-0.4, -0.2) is 54.9 Å². The van der Waals surface area contributed by atoms with Gasteiger partial charge in [-0.3, -0.25) is 15.0 Å². The predicted molar refractivity (Wildman–Crippen MR) is 73.4 cm³/mol. The van der Waals surface area contributed by atoms with Gasteiger partial charge in [0.2, 0.25) is 0 Å². The van der Waals surface area contributed by atoms with Crippen molar-refractivity contribution in [1.29, 1.82) is 0 Å². The van der Waals surface area contributed by atoms with Crippen molar-refractivity contribution in [2.24, 2.45) is 0 Å². The second-order valence-corrected chi connectivity index (χ2v) is 5.94. The van der Waals surface area contributed by atoms with E-state index < -0.39 is 28.7 Å². The van der Waals surface area contributed by atoms with Crippen molar-refractivity contribution >= 4 is 0 Å². The molecule has 3 atom stereocenters. The molecule has 0 unspecified atom stereocenters. The Labute approximate surface area is 129 Å². The SMILES string of the molecule is COc1ccc2c(c1)[C@H]1CN(C)C[C@@]1([N+](=O)[O-])[C@H](C(F)(F)F)O2. The van der Waals surface area contributed by atoms with E-state index in [1.807, 2.05) is 0 Å². The minimum atomic E-state index is -4.84. The van der Waals surface area contributed by atoms with E-state index in [0.717, 1.165) is 0 Å². The van der Waals surface area contributed by atoms with E-state index >= 15 is 0 Å². The van der Waals surface area contributed by atoms with Crippen LogP contribution in [0.5, 0.6) is 11.5 Å². The highest BCUT2D eigenvalue weighted by Gasteiger charge is 2.73. The molecular formula is C14H15F3N2O4. The Kier molecular flexibility index (Phi) is 3.44. The van der Waals surface area contributed by atoms with Crippen molar-refractivity contribution in [3.05, 3.63) is 33.9 Å². The summed E-state index contributed by atoms with van der Waals surface area (Å²) in [6, 6.07) is 4.36. The highest BCUT2D eigenvalue weighted by Crippen LogP contribution is 2.52. The first-order valence-electron chi connectivity index (χ1n) is 6.94. The highest BCUT2D eigenvalue weighted by molar-refractivity contribution is 5.47. The van der Waals surface area contributed by atoms with Crippen LogP contribution in [0, 0.1) is 10.1 Å². The average Bonchev–Trinajstić information content (AvgIpc) is 2.83. The Morgan fingerprint density at radius 1 is 1.48 bits per heavy atom. The Hall–Kier alpha value is -2.03. The van der Waals surface area contributed by atoms with Gasteiger partial charge in [-0.1, -0.05) is 0 Å². The number of fused-ring (bicyclic) bond motifs is 3. The van der Waals surface area contributed by atoms with Gasteiger partial charge >= 0.3 is 6.18 Å². The molecule has 0 bridgehead atoms. The molecule has 0 N–H and O–H groups in total. The standard InChI is InChI=1S/C14H15F3N2O4/c1-18-6-10-9-5-8(22-2)3-4-11(9)23-12(14(15,16)17)13(10,7-18)19(20)21/h3-5,10,12H,6-7H2,1-2H3/t10-,12-,13+/m1/s1. The van der Waals surface area contributed by atoms with Gasteiger partial charge < -0.3 is 9.47 Å². The van der Waals surface area contributed by atoms with E-state index in [-0.39, 0.29) is 18.8 Å². The molecule has 1 aromatic rings. The van der Waals surface area contributed by atoms with Crippen molar-refractivity contribution < 1.29 is 27.6 Å². The van der Waals surface area contributed by atoms with Crippen molar-refractivity contribution in [3.8, 4) is 11.5 Å². The van der Waals surface area contributed by atoms with E-state index in [0.29, 0.717) is 11.3 Å². The van der Waals surface area contributed by atoms with Crippen LogP contribution in [0.25, 0.3) is 0 Å². The molecule has 0 aliphatic carbocycles. The first kappa shape index (κ1) is 15.9. The van der Waals surface area contributed by atoms with E-state index in [9.17, 15) is 23.3 Å². The fourth-order valence-corrected chi connectivity index (χ4v) is 3.60. The van der Waals surface area contributed by atoms with Crippen LogP contribution < -0.4 is 9.47 Å². The quantitative estimate of drug-likeness (QED) is 0.613. The summed E-state index contributed by atoms with van der Waals surface area (Å²) in [4.78, 5) is 12.4. The largest absolute Gasteiger partial charge is 0.497 e. The summed E-state index contributed by atoms with van der Waals surface area (Å²) in [6.45, 7) is -0.178. The Morgan fingerprint density at radius 3 is 2.74 bits per heavy atom. The topological polar surface area (TPSA) is 64.8 Å². The summed E-state index contributed by atoms with van der Waals surface area (Å²) in [5.41, 5.74) is -1.88. The first-order chi connectivity index (χ1) is 10.7. The maximum atomic E-state index is 13.5. The Morgan fingerprint density at radius 2 is 2.17 bits per heavy atom. The maximum absolute atomic E-state index is 13.5. The zero-order valence-corrected chi connectivity index (χ0v) is 12.5. The van der Waals surface area contributed by atoms with Gasteiger partial charge in [-0.25, -0.2) is 0 Å². The van der Waals surface area contributed by atoms with E-state index in [1.54, 1.807) is 7.05 Å². The van der Waals surface area contributed by atoms with E-state index in [1.165, 1.54) is 30.2 Å². The number of nitro groups is 1. The maximum Gasteiger partial charge on any atom is 0.432 e. The molecule has 6 nitrogen and oxygen atoms in total. The van der Waals surface area contributed by atoms with Gasteiger partial charge in [-0.05, 0) is 25.2 Å². The Balaban J connectivity index is 2.22. The van der Waals surface area contributed by atoms with Gasteiger partial charge in [-0.2, -0.15) is 13.2 Å². The smallest absolute Gasteiger partial charge is 0.432 e. The van der Waals surface area contributed by atoms with Gasteiger partial charge in [-0.15, -0.1) is 0 Å². The molecule has 9 heteroatoms. The van der Waals surface area contributed by atoms with Crippen LogP contribution in [0.4, 0.5) is 13.2 Å². The minimum absolute atomic E-state index is 0.0194. The van der Waals surface area contributed by atoms with Gasteiger partial charge in [0.15, 0.2) is 0 Å². The Bertz CT molecular complexity index is 651. The fraction of sp³-hybridized carbons (Fsp3) is 0.571. The normalized spacial score (nSPS) is 30.3. The summed E-state index contributed by atoms with van der Waals surface area (Å²) in [6.07, 6.45) is -7.32. The van der Waals surface area contributed by atoms with Crippen molar-refractivity contribution in [2.75, 3.05) is 27.2 Å². The lowest BCUT2D eigenvalue weighted by molar-refractivity contribution is -0.591. The molecule has 2 aliphatic rings. The summed E-state index contributed by atoms with van der Waals surface area (Å²) in [5, 5.41) is 11.7. The number of ether oxygens (including phenoxy) is 2. The summed E-state index contributed by atoms with van der Waals surface area (Å²) < 4.78 is 50.6. The minimum Gasteiger partial charge on any atom is -0.497 e. The fourth-order valence-electron chi connectivity index (χ4n) is 3.60. The molecule has 0 saturated carbocycles. The number of hydrogen-bond acceptors (Lipinski definition) is 5. The molecule has 2 aliphatic heterocycles. The molecule has 0 amide bonds. The average molecular weight is 332 g/mol. The zero-order chi connectivity index (χ0) is 17.0. The number of nitrogens with zero attached hydrogens (tertiary/aromatic N) is 2. The second-order valence-electron chi connectivity index (χ2n) is 5.94. The van der Waals surface area contributed by atoms with Gasteiger partial charge in [0.1, 0.15) is 11.5 Å². The number of alkyl halides is 3. The molecule has 0 aromatic heterocycles. The zero-order valence-electron chi connectivity index (χ0n) is 12.5. The lowest BCUT2D eigenvalue weighted by Crippen LogP contribution is -2.64. The molecule has 126 valence electrons. The lowest BCUT2D eigenvalue weighted by Gasteiger charge is -2.39. The number of hydrogen-bond donors (Lipinski definition) is 0. The predicted octanol–water partition coefficient (Wildman–Crippen LogP) is 2.06. The number of likely N-dealkylation sites (N-methyl/N-ethyl adjacent to an activating group) is 1. The number of likely N-dealkylation sites (tertiary alicyclic amines) is 1. The van der Waals surface area contributed by atoms with Crippen LogP contribution in [0.3, 0.4) is 0 Å². The van der Waals surface area contributed by atoms with Crippen LogP contribution in [0.15, 0.2) is 18.2 Å². The molecule has 1 fully saturated rings. The second kappa shape index (κ2) is 4.98. The summed E-state index contributed by atoms with van der Waals surface area (Å²) in [5.74, 6) is -0.483. The van der Waals surface area contributed by atoms with Crippen molar-refractivity contribution in [2.45, 2.75) is 23.7 Å². The number of benzene rings is 1. The summed E-state index contributed by atoms with van der Waals surface area (Å²) >= 11 is 0. The van der Waals surface area contributed by atoms with Crippen LogP contribution in [0.2, 0.25) is 0 Å². The lowest BCUT2D eigenvalue weighted by atomic mass is 9.75. The molecule has 23 heavy (non-hydrogen) atoms. The van der Waals surface area contributed by atoms with Crippen LogP contribution >= 0.6 is 0 Å². The first-order valence-corrected chi connectivity index (χ1v) is 6.94. The summed E-state index contributed by atoms with van der Waals surface area (Å²) in [7, 11) is 2.99. The third-order valence-corrected chi connectivity index (χ3v) is 4.55. The van der Waals surface area contributed by atoms with Crippen LogP contribution in [-0.2, 0) is 0 Å². The number of halogens is 3. The molecule has 1 aromatic carbocycles.